The summed E-state index contributed by atoms with van der Waals surface area (Å²) in [5.74, 6) is -0.141. The van der Waals surface area contributed by atoms with E-state index < -0.39 is 49.5 Å². The maximum absolute atomic E-state index is 13.1. The van der Waals surface area contributed by atoms with Crippen LogP contribution in [0.2, 0.25) is 0 Å². The zero-order valence-electron chi connectivity index (χ0n) is 48.8. The molecule has 0 radical (unpaired) electrons. The molecule has 9 nitrogen and oxygen atoms in total. The third-order valence-electron chi connectivity index (χ3n) is 15.1. The first-order valence-corrected chi connectivity index (χ1v) is 32.0. The normalized spacial score (nSPS) is 19.3. The number of carbonyl (C=O) groups is 1. The van der Waals surface area contributed by atoms with Gasteiger partial charge in [-0.2, -0.15) is 0 Å². The molecule has 0 aromatic rings. The van der Waals surface area contributed by atoms with E-state index in [-0.39, 0.29) is 12.5 Å². The maximum Gasteiger partial charge on any atom is 0.220 e. The highest BCUT2D eigenvalue weighted by Gasteiger charge is 2.44. The first-order chi connectivity index (χ1) is 36.8. The van der Waals surface area contributed by atoms with Crippen LogP contribution in [0.4, 0.5) is 0 Å². The molecular formula is C66H121NO8. The second-order valence-electron chi connectivity index (χ2n) is 22.2. The first kappa shape index (κ1) is 70.9. The van der Waals surface area contributed by atoms with E-state index in [0.29, 0.717) is 12.8 Å². The molecule has 0 bridgehead atoms. The highest BCUT2D eigenvalue weighted by Crippen LogP contribution is 2.23. The number of ether oxygens (including phenoxy) is 2. The van der Waals surface area contributed by atoms with Crippen LogP contribution in [0.15, 0.2) is 60.8 Å². The summed E-state index contributed by atoms with van der Waals surface area (Å²) in [5.41, 5.74) is 0. The number of unbranched alkanes of at least 4 members (excludes halogenated alkanes) is 35. The number of nitrogens with one attached hydrogen (secondary N) is 1. The number of hydrogen-bond donors (Lipinski definition) is 6. The van der Waals surface area contributed by atoms with Gasteiger partial charge < -0.3 is 40.3 Å². The number of aliphatic hydroxyl groups excluding tert-OH is 5. The average molecular weight is 1060 g/mol. The van der Waals surface area contributed by atoms with Gasteiger partial charge in [-0.25, -0.2) is 0 Å². The minimum atomic E-state index is -1.55. The van der Waals surface area contributed by atoms with Crippen LogP contribution >= 0.6 is 0 Å². The molecule has 1 aliphatic rings. The minimum absolute atomic E-state index is 0.136. The summed E-state index contributed by atoms with van der Waals surface area (Å²) < 4.78 is 11.3. The van der Waals surface area contributed by atoms with E-state index in [4.69, 9.17) is 9.47 Å². The predicted octanol–water partition coefficient (Wildman–Crippen LogP) is 16.6. The van der Waals surface area contributed by atoms with Gasteiger partial charge in [0, 0.05) is 6.42 Å². The Bertz CT molecular complexity index is 1360. The standard InChI is InChI=1S/C66H121NO8/c1-3-5-7-9-11-13-15-17-19-21-23-24-25-26-27-28-29-30-31-32-33-34-35-36-38-40-42-44-46-48-50-52-54-56-62(70)67-59(58-74-66-65(73)64(72)63(71)61(57-68)75-66)60(69)55-53-51-49-47-45-43-41-39-37-22-20-18-16-14-12-10-8-6-4-2/h5,7,11,13,17,19,23-24,26-27,59-61,63-66,68-69,71-73H,3-4,6,8-10,12,14-16,18,20-22,25,28-58H2,1-2H3,(H,67,70)/b7-5-,13-11-,19-17-,24-23-,27-26-. The van der Waals surface area contributed by atoms with Crippen LogP contribution < -0.4 is 5.32 Å². The second kappa shape index (κ2) is 55.2. The summed E-state index contributed by atoms with van der Waals surface area (Å²) >= 11 is 0. The van der Waals surface area contributed by atoms with Gasteiger partial charge in [0.25, 0.3) is 0 Å². The lowest BCUT2D eigenvalue weighted by atomic mass is 9.99. The van der Waals surface area contributed by atoms with Gasteiger partial charge in [-0.1, -0.05) is 293 Å². The van der Waals surface area contributed by atoms with Crippen molar-refractivity contribution < 1.29 is 39.8 Å². The van der Waals surface area contributed by atoms with Crippen molar-refractivity contribution in [3.05, 3.63) is 60.8 Å². The van der Waals surface area contributed by atoms with E-state index in [1.165, 1.54) is 199 Å². The van der Waals surface area contributed by atoms with Gasteiger partial charge >= 0.3 is 0 Å². The fourth-order valence-electron chi connectivity index (χ4n) is 10.1. The zero-order chi connectivity index (χ0) is 54.3. The number of hydrogen-bond acceptors (Lipinski definition) is 8. The summed E-state index contributed by atoms with van der Waals surface area (Å²) in [4.78, 5) is 13.1. The van der Waals surface area contributed by atoms with Crippen LogP contribution in [0.3, 0.4) is 0 Å². The smallest absolute Gasteiger partial charge is 0.220 e. The molecule has 1 fully saturated rings. The molecule has 1 heterocycles. The Labute approximate surface area is 462 Å². The van der Waals surface area contributed by atoms with Crippen LogP contribution in [0.5, 0.6) is 0 Å². The number of amides is 1. The number of aliphatic hydroxyl groups is 5. The molecular weight excluding hydrogens is 935 g/mol. The highest BCUT2D eigenvalue weighted by molar-refractivity contribution is 5.76. The van der Waals surface area contributed by atoms with Gasteiger partial charge in [0.15, 0.2) is 6.29 Å². The van der Waals surface area contributed by atoms with E-state index in [1.807, 2.05) is 0 Å². The molecule has 75 heavy (non-hydrogen) atoms. The van der Waals surface area contributed by atoms with Crippen molar-refractivity contribution in [2.45, 2.75) is 339 Å². The molecule has 0 aromatic heterocycles. The Morgan fingerprint density at radius 1 is 0.467 bits per heavy atom. The van der Waals surface area contributed by atoms with Gasteiger partial charge in [-0.15, -0.1) is 0 Å². The SMILES string of the molecule is CC/C=C\C/C=C\C/C=C\C/C=C\C/C=C\CCCCCCCCCCCCCCCCCCCC(=O)NC(COC1OC(CO)C(O)C(O)C1O)C(O)CCCCCCCCCCCCCCCCCCCCC. The largest absolute Gasteiger partial charge is 0.394 e. The van der Waals surface area contributed by atoms with Crippen molar-refractivity contribution in [2.75, 3.05) is 13.2 Å². The summed E-state index contributed by atoms with van der Waals surface area (Å²) in [6.45, 7) is 3.76. The first-order valence-electron chi connectivity index (χ1n) is 32.0. The third kappa shape index (κ3) is 44.4. The van der Waals surface area contributed by atoms with E-state index in [9.17, 15) is 30.3 Å². The number of carbonyl (C=O) groups excluding carboxylic acids is 1. The highest BCUT2D eigenvalue weighted by atomic mass is 16.7. The van der Waals surface area contributed by atoms with Gasteiger partial charge in [0.1, 0.15) is 24.4 Å². The van der Waals surface area contributed by atoms with Gasteiger partial charge in [0.2, 0.25) is 5.91 Å². The summed E-state index contributed by atoms with van der Waals surface area (Å²) in [5, 5.41) is 54.8. The lowest BCUT2D eigenvalue weighted by Gasteiger charge is -2.40. The molecule has 1 amide bonds. The minimum Gasteiger partial charge on any atom is -0.394 e. The Morgan fingerprint density at radius 2 is 0.827 bits per heavy atom. The molecule has 7 unspecified atom stereocenters. The van der Waals surface area contributed by atoms with Crippen molar-refractivity contribution in [3.8, 4) is 0 Å². The number of rotatable bonds is 55. The van der Waals surface area contributed by atoms with Crippen molar-refractivity contribution in [3.63, 3.8) is 0 Å². The van der Waals surface area contributed by atoms with Crippen molar-refractivity contribution in [2.24, 2.45) is 0 Å². The Morgan fingerprint density at radius 3 is 1.23 bits per heavy atom. The van der Waals surface area contributed by atoms with Gasteiger partial charge in [-0.3, -0.25) is 4.79 Å². The predicted molar refractivity (Wildman–Crippen MR) is 318 cm³/mol. The van der Waals surface area contributed by atoms with Crippen LogP contribution in [0.25, 0.3) is 0 Å². The number of allylic oxidation sites excluding steroid dienone is 10. The molecule has 0 aromatic carbocycles. The molecule has 1 saturated heterocycles. The summed E-state index contributed by atoms with van der Waals surface area (Å²) in [6.07, 6.45) is 68.3. The summed E-state index contributed by atoms with van der Waals surface area (Å²) in [7, 11) is 0. The summed E-state index contributed by atoms with van der Waals surface area (Å²) in [6, 6.07) is -0.720. The fraction of sp³-hybridized carbons (Fsp3) is 0.833. The van der Waals surface area contributed by atoms with E-state index in [1.54, 1.807) is 0 Å². The van der Waals surface area contributed by atoms with Crippen LogP contribution in [-0.4, -0.2) is 87.5 Å². The van der Waals surface area contributed by atoms with Gasteiger partial charge in [0.05, 0.1) is 25.4 Å². The van der Waals surface area contributed by atoms with Crippen molar-refractivity contribution in [1.29, 1.82) is 0 Å². The third-order valence-corrected chi connectivity index (χ3v) is 15.1. The average Bonchev–Trinajstić information content (AvgIpc) is 3.41. The maximum atomic E-state index is 13.1. The van der Waals surface area contributed by atoms with Crippen molar-refractivity contribution >= 4 is 5.91 Å². The topological polar surface area (TPSA) is 149 Å². The zero-order valence-corrected chi connectivity index (χ0v) is 48.8. The monoisotopic (exact) mass is 1060 g/mol. The molecule has 9 heteroatoms. The Kier molecular flexibility index (Phi) is 52.2. The van der Waals surface area contributed by atoms with Crippen LogP contribution in [0, 0.1) is 0 Å². The Balaban J connectivity index is 2.12. The van der Waals surface area contributed by atoms with E-state index >= 15 is 0 Å². The Hall–Kier alpha value is -2.11. The van der Waals surface area contributed by atoms with Crippen LogP contribution in [-0.2, 0) is 14.3 Å². The molecule has 6 N–H and O–H groups in total. The second-order valence-corrected chi connectivity index (χ2v) is 22.2. The molecule has 0 saturated carbocycles. The molecule has 0 aliphatic carbocycles. The van der Waals surface area contributed by atoms with Crippen molar-refractivity contribution in [1.82, 2.24) is 5.32 Å². The van der Waals surface area contributed by atoms with Gasteiger partial charge in [-0.05, 0) is 57.8 Å². The fourth-order valence-corrected chi connectivity index (χ4v) is 10.1. The van der Waals surface area contributed by atoms with Crippen LogP contribution in [0.1, 0.15) is 296 Å². The molecule has 1 rings (SSSR count). The molecule has 7 atom stereocenters. The lowest BCUT2D eigenvalue weighted by Crippen LogP contribution is -2.60. The molecule has 438 valence electrons. The molecule has 1 aliphatic heterocycles. The van der Waals surface area contributed by atoms with E-state index in [0.717, 1.165) is 70.6 Å². The quantitative estimate of drug-likeness (QED) is 0.0261. The molecule has 0 spiro atoms. The lowest BCUT2D eigenvalue weighted by molar-refractivity contribution is -0.302. The van der Waals surface area contributed by atoms with E-state index in [2.05, 4.69) is 79.9 Å².